The number of anilines is 1. The van der Waals surface area contributed by atoms with Crippen LogP contribution in [0.15, 0.2) is 91.5 Å². The molecule has 176 valence electrons. The Hall–Kier alpha value is -4.07. The summed E-state index contributed by atoms with van der Waals surface area (Å²) in [7, 11) is 0. The number of benzene rings is 2. The van der Waals surface area contributed by atoms with E-state index in [1.54, 1.807) is 37.5 Å². The second-order valence-corrected chi connectivity index (χ2v) is 7.38. The molecule has 0 atom stereocenters. The van der Waals surface area contributed by atoms with Gasteiger partial charge in [0.1, 0.15) is 12.4 Å². The average Bonchev–Trinajstić information content (AvgIpc) is 2.83. The minimum atomic E-state index is -4.66. The van der Waals surface area contributed by atoms with Gasteiger partial charge in [-0.25, -0.2) is 4.79 Å². The largest absolute Gasteiger partial charge is 0.493 e. The Labute approximate surface area is 196 Å². The molecular formula is C26H24F3N3O2. The summed E-state index contributed by atoms with van der Waals surface area (Å²) in [5.41, 5.74) is 1.37. The Morgan fingerprint density at radius 1 is 1.09 bits per heavy atom. The molecule has 0 aliphatic carbocycles. The third-order valence-corrected chi connectivity index (χ3v) is 4.94. The molecule has 0 radical (unpaired) electrons. The number of hydrogen-bond acceptors (Lipinski definition) is 3. The van der Waals surface area contributed by atoms with Crippen molar-refractivity contribution in [1.82, 2.24) is 10.3 Å². The highest BCUT2D eigenvalue weighted by Gasteiger charge is 2.34. The van der Waals surface area contributed by atoms with E-state index in [-0.39, 0.29) is 18.8 Å². The van der Waals surface area contributed by atoms with E-state index >= 15 is 0 Å². The van der Waals surface area contributed by atoms with Crippen LogP contribution in [0.5, 0.6) is 0 Å². The summed E-state index contributed by atoms with van der Waals surface area (Å²) in [6.45, 7) is 5.58. The van der Waals surface area contributed by atoms with Gasteiger partial charge in [0.25, 0.3) is 0 Å². The van der Waals surface area contributed by atoms with Crippen molar-refractivity contribution in [2.24, 2.45) is 0 Å². The van der Waals surface area contributed by atoms with Crippen molar-refractivity contribution >= 4 is 17.3 Å². The Kier molecular flexibility index (Phi) is 8.08. The highest BCUT2D eigenvalue weighted by molar-refractivity contribution is 5.90. The van der Waals surface area contributed by atoms with E-state index < -0.39 is 17.8 Å². The average molecular weight is 467 g/mol. The van der Waals surface area contributed by atoms with Crippen LogP contribution < -0.4 is 10.6 Å². The number of rotatable bonds is 8. The minimum Gasteiger partial charge on any atom is -0.493 e. The van der Waals surface area contributed by atoms with Crippen LogP contribution in [-0.4, -0.2) is 11.0 Å². The lowest BCUT2D eigenvalue weighted by atomic mass is 10.1. The van der Waals surface area contributed by atoms with Crippen molar-refractivity contribution < 1.29 is 22.7 Å². The molecule has 0 bridgehead atoms. The standard InChI is InChI=1S/C26H24F3N3O2/c1-3-22(21-9-5-4-6-10-21)18(2)34-17-19-11-12-24(23(14-19)26(27,28)29)32-25(33)31-16-20-8-7-13-30-15-20/h3-15H,1,16-17H2,2H3,(H2,31,32,33). The van der Waals surface area contributed by atoms with Gasteiger partial charge in [0.05, 0.1) is 11.3 Å². The van der Waals surface area contributed by atoms with Crippen molar-refractivity contribution in [3.63, 3.8) is 0 Å². The van der Waals surface area contributed by atoms with Crippen molar-refractivity contribution in [3.8, 4) is 0 Å². The van der Waals surface area contributed by atoms with Crippen LogP contribution in [-0.2, 0) is 24.1 Å². The third-order valence-electron chi connectivity index (χ3n) is 4.94. The Morgan fingerprint density at radius 3 is 2.50 bits per heavy atom. The molecule has 3 rings (SSSR count). The van der Waals surface area contributed by atoms with Crippen LogP contribution in [0, 0.1) is 0 Å². The molecule has 0 saturated carbocycles. The highest BCUT2D eigenvalue weighted by Crippen LogP contribution is 2.36. The number of aromatic nitrogens is 1. The maximum atomic E-state index is 13.7. The summed E-state index contributed by atoms with van der Waals surface area (Å²) in [6, 6.07) is 15.8. The molecule has 0 aliphatic heterocycles. The van der Waals surface area contributed by atoms with E-state index in [0.717, 1.165) is 22.8 Å². The van der Waals surface area contributed by atoms with E-state index in [1.807, 2.05) is 30.3 Å². The summed E-state index contributed by atoms with van der Waals surface area (Å²) in [6.07, 6.45) is 0.121. The van der Waals surface area contributed by atoms with Crippen LogP contribution in [0.2, 0.25) is 0 Å². The van der Waals surface area contributed by atoms with Gasteiger partial charge in [0.15, 0.2) is 0 Å². The lowest BCUT2D eigenvalue weighted by molar-refractivity contribution is -0.137. The zero-order valence-electron chi connectivity index (χ0n) is 18.5. The van der Waals surface area contributed by atoms with Crippen LogP contribution >= 0.6 is 0 Å². The fraction of sp³-hybridized carbons (Fsp3) is 0.154. The predicted molar refractivity (Wildman–Crippen MR) is 126 cm³/mol. The van der Waals surface area contributed by atoms with Crippen molar-refractivity contribution in [2.45, 2.75) is 26.3 Å². The van der Waals surface area contributed by atoms with Gasteiger partial charge in [-0.15, -0.1) is 0 Å². The molecule has 34 heavy (non-hydrogen) atoms. The van der Waals surface area contributed by atoms with E-state index in [9.17, 15) is 18.0 Å². The fourth-order valence-electron chi connectivity index (χ4n) is 3.23. The molecule has 0 unspecified atom stereocenters. The molecule has 5 nitrogen and oxygen atoms in total. The number of carbonyl (C=O) groups excluding carboxylic acids is 1. The number of hydrogen-bond donors (Lipinski definition) is 2. The Morgan fingerprint density at radius 2 is 1.85 bits per heavy atom. The number of carbonyl (C=O) groups is 1. The van der Waals surface area contributed by atoms with Crippen LogP contribution in [0.3, 0.4) is 0 Å². The zero-order chi connectivity index (χ0) is 24.6. The van der Waals surface area contributed by atoms with Gasteiger partial charge < -0.3 is 15.4 Å². The Balaban J connectivity index is 1.72. The fourth-order valence-corrected chi connectivity index (χ4v) is 3.23. The Bertz CT molecular complexity index is 1160. The number of nitrogens with one attached hydrogen (secondary N) is 2. The van der Waals surface area contributed by atoms with Gasteiger partial charge in [0.2, 0.25) is 0 Å². The molecule has 1 aromatic heterocycles. The lowest BCUT2D eigenvalue weighted by Crippen LogP contribution is -2.29. The predicted octanol–water partition coefficient (Wildman–Crippen LogP) is 6.56. The first-order valence-electron chi connectivity index (χ1n) is 10.4. The first-order chi connectivity index (χ1) is 16.3. The maximum Gasteiger partial charge on any atom is 0.418 e. The molecule has 0 fully saturated rings. The van der Waals surface area contributed by atoms with E-state index in [4.69, 9.17) is 4.74 Å². The van der Waals surface area contributed by atoms with Gasteiger partial charge in [-0.05, 0) is 41.8 Å². The third kappa shape index (κ3) is 6.71. The number of allylic oxidation sites excluding steroid dienone is 3. The number of amides is 2. The van der Waals surface area contributed by atoms with Gasteiger partial charge in [-0.2, -0.15) is 13.2 Å². The topological polar surface area (TPSA) is 63.2 Å². The molecule has 1 heterocycles. The van der Waals surface area contributed by atoms with Gasteiger partial charge in [0, 0.05) is 24.5 Å². The molecular weight excluding hydrogens is 443 g/mol. The molecule has 2 aromatic carbocycles. The molecule has 0 saturated heterocycles. The number of urea groups is 1. The van der Waals surface area contributed by atoms with Crippen LogP contribution in [0.4, 0.5) is 23.7 Å². The second-order valence-electron chi connectivity index (χ2n) is 7.38. The van der Waals surface area contributed by atoms with E-state index in [1.165, 1.54) is 12.1 Å². The second kappa shape index (κ2) is 11.2. The van der Waals surface area contributed by atoms with Crippen molar-refractivity contribution in [1.29, 1.82) is 0 Å². The zero-order valence-corrected chi connectivity index (χ0v) is 18.5. The molecule has 3 aromatic rings. The van der Waals surface area contributed by atoms with Crippen molar-refractivity contribution in [3.05, 3.63) is 114 Å². The normalized spacial score (nSPS) is 11.9. The first-order valence-corrected chi connectivity index (χ1v) is 10.4. The maximum absolute atomic E-state index is 13.7. The molecule has 0 spiro atoms. The molecule has 2 N–H and O–H groups in total. The highest BCUT2D eigenvalue weighted by atomic mass is 19.4. The lowest BCUT2D eigenvalue weighted by Gasteiger charge is -2.17. The van der Waals surface area contributed by atoms with Crippen LogP contribution in [0.25, 0.3) is 5.57 Å². The number of nitrogens with zero attached hydrogens (tertiary/aromatic N) is 1. The van der Waals surface area contributed by atoms with Crippen molar-refractivity contribution in [2.75, 3.05) is 5.32 Å². The SMILES string of the molecule is C=CC(=C(C)OCc1ccc(NC(=O)NCc2cccnc2)c(C(F)(F)F)c1)c1ccccc1. The number of ether oxygens (including phenoxy) is 1. The van der Waals surface area contributed by atoms with Gasteiger partial charge >= 0.3 is 12.2 Å². The minimum absolute atomic E-state index is 0.0768. The van der Waals surface area contributed by atoms with Gasteiger partial charge in [-0.1, -0.05) is 55.1 Å². The van der Waals surface area contributed by atoms with Gasteiger partial charge in [-0.3, -0.25) is 4.98 Å². The monoisotopic (exact) mass is 467 g/mol. The van der Waals surface area contributed by atoms with Crippen LogP contribution in [0.1, 0.15) is 29.2 Å². The summed E-state index contributed by atoms with van der Waals surface area (Å²) in [5.74, 6) is 0.534. The number of alkyl halides is 3. The molecule has 8 heteroatoms. The first kappa shape index (κ1) is 24.6. The summed E-state index contributed by atoms with van der Waals surface area (Å²) >= 11 is 0. The molecule has 0 aliphatic rings. The van der Waals surface area contributed by atoms with E-state index in [0.29, 0.717) is 11.3 Å². The summed E-state index contributed by atoms with van der Waals surface area (Å²) in [4.78, 5) is 16.1. The number of halogens is 3. The molecule has 2 amide bonds. The quantitative estimate of drug-likeness (QED) is 0.291. The smallest absolute Gasteiger partial charge is 0.418 e. The number of pyridine rings is 1. The summed E-state index contributed by atoms with van der Waals surface area (Å²) < 4.78 is 46.8. The summed E-state index contributed by atoms with van der Waals surface area (Å²) in [5, 5.41) is 4.79. The van der Waals surface area contributed by atoms with E-state index in [2.05, 4.69) is 22.2 Å².